The number of ether oxygens (including phenoxy) is 1. The molecule has 2 aromatic rings. The third-order valence-corrected chi connectivity index (χ3v) is 3.19. The van der Waals surface area contributed by atoms with Crippen LogP contribution in [-0.2, 0) is 0 Å². The summed E-state index contributed by atoms with van der Waals surface area (Å²) in [4.78, 5) is 25.6. The van der Waals surface area contributed by atoms with Crippen molar-refractivity contribution in [2.75, 3.05) is 13.1 Å². The van der Waals surface area contributed by atoms with E-state index in [0.29, 0.717) is 19.0 Å². The number of hydrogen-bond donors (Lipinski definition) is 1. The summed E-state index contributed by atoms with van der Waals surface area (Å²) in [6, 6.07) is 1.73. The van der Waals surface area contributed by atoms with Gasteiger partial charge in [-0.05, 0) is 0 Å². The average molecular weight is 274 g/mol. The van der Waals surface area contributed by atoms with E-state index < -0.39 is 0 Å². The molecule has 0 aromatic carbocycles. The Labute approximate surface area is 115 Å². The van der Waals surface area contributed by atoms with Gasteiger partial charge in [-0.25, -0.2) is 15.0 Å². The van der Waals surface area contributed by atoms with E-state index >= 15 is 0 Å². The SMILES string of the molecule is O=C(c1ncn[nH]1)N1CCC(Oc2ccncn2)CC1. The Morgan fingerprint density at radius 2 is 2.15 bits per heavy atom. The number of aromatic nitrogens is 5. The van der Waals surface area contributed by atoms with Crippen LogP contribution >= 0.6 is 0 Å². The highest BCUT2D eigenvalue weighted by Gasteiger charge is 2.26. The van der Waals surface area contributed by atoms with Crippen molar-refractivity contribution < 1.29 is 9.53 Å². The van der Waals surface area contributed by atoms with Crippen LogP contribution in [0.1, 0.15) is 23.5 Å². The van der Waals surface area contributed by atoms with Gasteiger partial charge in [0.1, 0.15) is 18.8 Å². The minimum absolute atomic E-state index is 0.0728. The number of likely N-dealkylation sites (tertiary alicyclic amines) is 1. The lowest BCUT2D eigenvalue weighted by Gasteiger charge is -2.31. The largest absolute Gasteiger partial charge is 0.474 e. The van der Waals surface area contributed by atoms with Gasteiger partial charge in [-0.15, -0.1) is 0 Å². The Balaban J connectivity index is 1.53. The van der Waals surface area contributed by atoms with Gasteiger partial charge >= 0.3 is 0 Å². The van der Waals surface area contributed by atoms with E-state index in [0.717, 1.165) is 12.8 Å². The first-order valence-corrected chi connectivity index (χ1v) is 6.40. The maximum Gasteiger partial charge on any atom is 0.291 e. The van der Waals surface area contributed by atoms with Crippen molar-refractivity contribution >= 4 is 5.91 Å². The van der Waals surface area contributed by atoms with Crippen LogP contribution in [0.2, 0.25) is 0 Å². The Morgan fingerprint density at radius 3 is 2.80 bits per heavy atom. The summed E-state index contributed by atoms with van der Waals surface area (Å²) in [6.45, 7) is 1.27. The molecule has 1 aliphatic rings. The molecule has 1 saturated heterocycles. The van der Waals surface area contributed by atoms with Crippen LogP contribution in [0.15, 0.2) is 24.9 Å². The van der Waals surface area contributed by atoms with Crippen LogP contribution in [0.5, 0.6) is 5.88 Å². The molecule has 0 spiro atoms. The average Bonchev–Trinajstić information content (AvgIpc) is 3.03. The van der Waals surface area contributed by atoms with E-state index in [2.05, 4.69) is 25.1 Å². The third kappa shape index (κ3) is 2.73. The number of H-pyrrole nitrogens is 1. The van der Waals surface area contributed by atoms with Crippen LogP contribution in [0, 0.1) is 0 Å². The van der Waals surface area contributed by atoms with Gasteiger partial charge < -0.3 is 9.64 Å². The number of amides is 1. The molecule has 1 fully saturated rings. The molecule has 3 heterocycles. The number of nitrogens with one attached hydrogen (secondary N) is 1. The van der Waals surface area contributed by atoms with E-state index in [1.165, 1.54) is 12.7 Å². The predicted molar refractivity (Wildman–Crippen MR) is 68.0 cm³/mol. The summed E-state index contributed by atoms with van der Waals surface area (Å²) in [5, 5.41) is 6.27. The Morgan fingerprint density at radius 1 is 1.30 bits per heavy atom. The molecule has 2 aromatic heterocycles. The molecule has 8 heteroatoms. The van der Waals surface area contributed by atoms with Gasteiger partial charge in [0.25, 0.3) is 5.91 Å². The van der Waals surface area contributed by atoms with Crippen LogP contribution in [0.25, 0.3) is 0 Å². The van der Waals surface area contributed by atoms with Crippen molar-refractivity contribution in [3.8, 4) is 5.88 Å². The van der Waals surface area contributed by atoms with Crippen LogP contribution in [0.3, 0.4) is 0 Å². The zero-order valence-corrected chi connectivity index (χ0v) is 10.8. The van der Waals surface area contributed by atoms with Crippen LogP contribution in [0.4, 0.5) is 0 Å². The fourth-order valence-electron chi connectivity index (χ4n) is 2.15. The second kappa shape index (κ2) is 5.64. The van der Waals surface area contributed by atoms with Crippen molar-refractivity contribution in [3.05, 3.63) is 30.7 Å². The minimum Gasteiger partial charge on any atom is -0.474 e. The topological polar surface area (TPSA) is 96.9 Å². The van der Waals surface area contributed by atoms with Crippen molar-refractivity contribution in [1.82, 2.24) is 30.0 Å². The molecule has 8 nitrogen and oxygen atoms in total. The molecule has 1 amide bonds. The maximum atomic E-state index is 12.1. The monoisotopic (exact) mass is 274 g/mol. The molecular formula is C12H14N6O2. The molecule has 0 saturated carbocycles. The molecule has 0 radical (unpaired) electrons. The van der Waals surface area contributed by atoms with Crippen molar-refractivity contribution in [2.45, 2.75) is 18.9 Å². The smallest absolute Gasteiger partial charge is 0.291 e. The summed E-state index contributed by atoms with van der Waals surface area (Å²) < 4.78 is 5.75. The summed E-state index contributed by atoms with van der Waals surface area (Å²) >= 11 is 0. The van der Waals surface area contributed by atoms with Gasteiger partial charge in [-0.1, -0.05) is 0 Å². The van der Waals surface area contributed by atoms with Gasteiger partial charge in [0.2, 0.25) is 11.7 Å². The van der Waals surface area contributed by atoms with E-state index in [1.54, 1.807) is 17.2 Å². The lowest BCUT2D eigenvalue weighted by molar-refractivity contribution is 0.0577. The first kappa shape index (κ1) is 12.5. The first-order valence-electron chi connectivity index (χ1n) is 6.40. The van der Waals surface area contributed by atoms with Gasteiger partial charge in [0, 0.05) is 38.2 Å². The van der Waals surface area contributed by atoms with Gasteiger partial charge in [-0.2, -0.15) is 5.10 Å². The highest BCUT2D eigenvalue weighted by Crippen LogP contribution is 2.17. The van der Waals surface area contributed by atoms with Crippen LogP contribution < -0.4 is 4.74 Å². The molecule has 0 aliphatic carbocycles. The van der Waals surface area contributed by atoms with E-state index in [4.69, 9.17) is 4.74 Å². The Bertz CT molecular complexity index is 551. The van der Waals surface area contributed by atoms with Gasteiger partial charge in [0.15, 0.2) is 0 Å². The predicted octanol–water partition coefficient (Wildman–Crippen LogP) is 0.278. The second-order valence-electron chi connectivity index (χ2n) is 4.49. The fraction of sp³-hybridized carbons (Fsp3) is 0.417. The molecule has 3 rings (SSSR count). The molecule has 20 heavy (non-hydrogen) atoms. The number of hydrogen-bond acceptors (Lipinski definition) is 6. The molecule has 0 unspecified atom stereocenters. The van der Waals surface area contributed by atoms with Crippen molar-refractivity contribution in [2.24, 2.45) is 0 Å². The molecular weight excluding hydrogens is 260 g/mol. The standard InChI is InChI=1S/C12H14N6O2/c19-12(11-15-8-16-17-11)18-5-2-9(3-6-18)20-10-1-4-13-7-14-10/h1,4,7-9H,2-3,5-6H2,(H,15,16,17). The summed E-state index contributed by atoms with van der Waals surface area (Å²) in [6.07, 6.45) is 6.04. The third-order valence-electron chi connectivity index (χ3n) is 3.19. The fourth-order valence-corrected chi connectivity index (χ4v) is 2.15. The van der Waals surface area contributed by atoms with Crippen molar-refractivity contribution in [3.63, 3.8) is 0 Å². The van der Waals surface area contributed by atoms with Crippen LogP contribution in [-0.4, -0.2) is 55.1 Å². The van der Waals surface area contributed by atoms with E-state index in [9.17, 15) is 4.79 Å². The molecule has 0 bridgehead atoms. The number of carbonyl (C=O) groups excluding carboxylic acids is 1. The Kier molecular flexibility index (Phi) is 3.53. The van der Waals surface area contributed by atoms with Gasteiger partial charge in [-0.3, -0.25) is 9.89 Å². The zero-order chi connectivity index (χ0) is 13.8. The van der Waals surface area contributed by atoms with Crippen molar-refractivity contribution in [1.29, 1.82) is 0 Å². The van der Waals surface area contributed by atoms with E-state index in [-0.39, 0.29) is 17.8 Å². The summed E-state index contributed by atoms with van der Waals surface area (Å²) in [5.74, 6) is 0.725. The molecule has 1 N–H and O–H groups in total. The number of rotatable bonds is 3. The minimum atomic E-state index is -0.122. The second-order valence-corrected chi connectivity index (χ2v) is 4.49. The highest BCUT2D eigenvalue weighted by atomic mass is 16.5. The van der Waals surface area contributed by atoms with Gasteiger partial charge in [0.05, 0.1) is 0 Å². The Hall–Kier alpha value is -2.51. The molecule has 104 valence electrons. The first-order chi connectivity index (χ1) is 9.83. The summed E-state index contributed by atoms with van der Waals surface area (Å²) in [7, 11) is 0. The normalized spacial score (nSPS) is 16.1. The van der Waals surface area contributed by atoms with E-state index in [1.807, 2.05) is 0 Å². The molecule has 1 aliphatic heterocycles. The number of piperidine rings is 1. The number of nitrogens with zero attached hydrogens (tertiary/aromatic N) is 5. The number of aromatic amines is 1. The highest BCUT2D eigenvalue weighted by molar-refractivity contribution is 5.90. The lowest BCUT2D eigenvalue weighted by atomic mass is 10.1. The maximum absolute atomic E-state index is 12.1. The summed E-state index contributed by atoms with van der Waals surface area (Å²) in [5.41, 5.74) is 0. The molecule has 0 atom stereocenters. The quantitative estimate of drug-likeness (QED) is 0.863. The zero-order valence-electron chi connectivity index (χ0n) is 10.8. The number of carbonyl (C=O) groups is 1. The lowest BCUT2D eigenvalue weighted by Crippen LogP contribution is -2.42.